The minimum absolute atomic E-state index is 0.156. The Morgan fingerprint density at radius 2 is 1.63 bits per heavy atom. The van der Waals surface area contributed by atoms with E-state index in [4.69, 9.17) is 4.74 Å². The zero-order chi connectivity index (χ0) is 22.1. The Bertz CT molecular complexity index is 819. The molecule has 0 unspecified atom stereocenters. The predicted octanol–water partition coefficient (Wildman–Crippen LogP) is 3.96. The molecule has 2 aromatic rings. The molecule has 2 rings (SSSR count). The molecule has 0 aliphatic rings. The lowest BCUT2D eigenvalue weighted by Gasteiger charge is -2.31. The van der Waals surface area contributed by atoms with E-state index < -0.39 is 6.04 Å². The summed E-state index contributed by atoms with van der Waals surface area (Å²) in [6, 6.07) is 12.7. The molecule has 0 bridgehead atoms. The monoisotopic (exact) mass is 414 g/mol. The van der Waals surface area contributed by atoms with Crippen molar-refractivity contribution in [2.24, 2.45) is 5.92 Å². The first-order chi connectivity index (χ1) is 14.3. The van der Waals surface area contributed by atoms with Crippen LogP contribution in [0.4, 0.5) is 4.39 Å². The number of nitrogens with zero attached hydrogens (tertiary/aromatic N) is 1. The van der Waals surface area contributed by atoms with Gasteiger partial charge in [0.2, 0.25) is 11.8 Å². The number of methoxy groups -OCH3 is 1. The molecule has 30 heavy (non-hydrogen) atoms. The fourth-order valence-corrected chi connectivity index (χ4v) is 3.15. The fraction of sp³-hybridized carbons (Fsp3) is 0.417. The molecule has 2 aromatic carbocycles. The molecule has 2 amide bonds. The first-order valence-electron chi connectivity index (χ1n) is 10.3. The first-order valence-corrected chi connectivity index (χ1v) is 10.3. The van der Waals surface area contributed by atoms with E-state index in [1.807, 2.05) is 32.9 Å². The standard InChI is InChI=1S/C24H31FN2O3/c1-5-22(24(29)26-15-17(2)3)27(16-19-6-10-20(25)11-7-19)23(28)14-18-8-12-21(30-4)13-9-18/h6-13,17,22H,5,14-16H2,1-4H3,(H,26,29)/t22-/m1/s1. The highest BCUT2D eigenvalue weighted by Gasteiger charge is 2.28. The highest BCUT2D eigenvalue weighted by Crippen LogP contribution is 2.17. The van der Waals surface area contributed by atoms with Crippen molar-refractivity contribution in [3.63, 3.8) is 0 Å². The van der Waals surface area contributed by atoms with Crippen molar-refractivity contribution in [1.29, 1.82) is 0 Å². The van der Waals surface area contributed by atoms with Crippen LogP contribution in [0.15, 0.2) is 48.5 Å². The summed E-state index contributed by atoms with van der Waals surface area (Å²) in [7, 11) is 1.59. The van der Waals surface area contributed by atoms with E-state index in [0.29, 0.717) is 24.6 Å². The van der Waals surface area contributed by atoms with Crippen molar-refractivity contribution in [2.45, 2.75) is 46.2 Å². The number of carbonyl (C=O) groups is 2. The molecule has 0 saturated heterocycles. The van der Waals surface area contributed by atoms with Gasteiger partial charge in [0.25, 0.3) is 0 Å². The third kappa shape index (κ3) is 6.87. The van der Waals surface area contributed by atoms with Crippen molar-refractivity contribution in [3.05, 3.63) is 65.5 Å². The van der Waals surface area contributed by atoms with Gasteiger partial charge in [-0.3, -0.25) is 9.59 Å². The molecule has 0 aromatic heterocycles. The minimum Gasteiger partial charge on any atom is -0.497 e. The highest BCUT2D eigenvalue weighted by molar-refractivity contribution is 5.88. The molecule has 1 atom stereocenters. The first kappa shape index (κ1) is 23.4. The Hall–Kier alpha value is -2.89. The van der Waals surface area contributed by atoms with Gasteiger partial charge < -0.3 is 15.0 Å². The van der Waals surface area contributed by atoms with Crippen LogP contribution in [-0.4, -0.2) is 36.4 Å². The van der Waals surface area contributed by atoms with Gasteiger partial charge in [0.05, 0.1) is 13.5 Å². The molecule has 1 N–H and O–H groups in total. The molecule has 6 heteroatoms. The average molecular weight is 415 g/mol. The Balaban J connectivity index is 2.24. The molecule has 0 heterocycles. The van der Waals surface area contributed by atoms with Gasteiger partial charge in [0.15, 0.2) is 0 Å². The summed E-state index contributed by atoms with van der Waals surface area (Å²) in [5.41, 5.74) is 1.61. The van der Waals surface area contributed by atoms with E-state index in [0.717, 1.165) is 11.1 Å². The summed E-state index contributed by atoms with van der Waals surface area (Å²) in [6.45, 7) is 6.71. The molecule has 0 radical (unpaired) electrons. The molecule has 0 fully saturated rings. The second-order valence-corrected chi connectivity index (χ2v) is 7.74. The topological polar surface area (TPSA) is 58.6 Å². The molecule has 0 aliphatic heterocycles. The van der Waals surface area contributed by atoms with E-state index in [2.05, 4.69) is 5.32 Å². The maximum atomic E-state index is 13.3. The smallest absolute Gasteiger partial charge is 0.242 e. The number of nitrogens with one attached hydrogen (secondary N) is 1. The number of carbonyl (C=O) groups excluding carboxylic acids is 2. The molecular formula is C24H31FN2O3. The van der Waals surface area contributed by atoms with E-state index in [9.17, 15) is 14.0 Å². The van der Waals surface area contributed by atoms with Gasteiger partial charge in [-0.15, -0.1) is 0 Å². The Morgan fingerprint density at radius 1 is 1.03 bits per heavy atom. The summed E-state index contributed by atoms with van der Waals surface area (Å²) >= 11 is 0. The van der Waals surface area contributed by atoms with Crippen molar-refractivity contribution < 1.29 is 18.7 Å². The van der Waals surface area contributed by atoms with E-state index in [1.165, 1.54) is 12.1 Å². The second kappa shape index (κ2) is 11.3. The number of hydrogen-bond acceptors (Lipinski definition) is 3. The maximum Gasteiger partial charge on any atom is 0.242 e. The van der Waals surface area contributed by atoms with Gasteiger partial charge >= 0.3 is 0 Å². The van der Waals surface area contributed by atoms with Crippen LogP contribution < -0.4 is 10.1 Å². The van der Waals surface area contributed by atoms with E-state index >= 15 is 0 Å². The van der Waals surface area contributed by atoms with Gasteiger partial charge in [0.1, 0.15) is 17.6 Å². The molecule has 162 valence electrons. The van der Waals surface area contributed by atoms with Gasteiger partial charge in [-0.1, -0.05) is 45.0 Å². The maximum absolute atomic E-state index is 13.3. The van der Waals surface area contributed by atoms with Crippen LogP contribution in [0.25, 0.3) is 0 Å². The zero-order valence-corrected chi connectivity index (χ0v) is 18.2. The zero-order valence-electron chi connectivity index (χ0n) is 18.2. The van der Waals surface area contributed by atoms with Crippen LogP contribution in [0.5, 0.6) is 5.75 Å². The van der Waals surface area contributed by atoms with Crippen LogP contribution in [0.3, 0.4) is 0 Å². The van der Waals surface area contributed by atoms with Crippen LogP contribution in [0.1, 0.15) is 38.3 Å². The second-order valence-electron chi connectivity index (χ2n) is 7.74. The third-order valence-corrected chi connectivity index (χ3v) is 4.85. The predicted molar refractivity (Wildman–Crippen MR) is 116 cm³/mol. The van der Waals surface area contributed by atoms with Crippen LogP contribution >= 0.6 is 0 Å². The number of halogens is 1. The summed E-state index contributed by atoms with van der Waals surface area (Å²) in [6.07, 6.45) is 0.651. The highest BCUT2D eigenvalue weighted by atomic mass is 19.1. The molecule has 5 nitrogen and oxygen atoms in total. The lowest BCUT2D eigenvalue weighted by atomic mass is 10.1. The van der Waals surface area contributed by atoms with Crippen LogP contribution in [0.2, 0.25) is 0 Å². The molecule has 0 aliphatic carbocycles. The third-order valence-electron chi connectivity index (χ3n) is 4.85. The molecular weight excluding hydrogens is 383 g/mol. The lowest BCUT2D eigenvalue weighted by Crippen LogP contribution is -2.50. The Kier molecular flexibility index (Phi) is 8.84. The number of amides is 2. The van der Waals surface area contributed by atoms with Crippen molar-refractivity contribution in [3.8, 4) is 5.75 Å². The summed E-state index contributed by atoms with van der Waals surface area (Å²) < 4.78 is 18.5. The van der Waals surface area contributed by atoms with Gasteiger partial charge in [0, 0.05) is 13.1 Å². The number of ether oxygens (including phenoxy) is 1. The van der Waals surface area contributed by atoms with E-state index in [-0.39, 0.29) is 30.6 Å². The quantitative estimate of drug-likeness (QED) is 0.640. The summed E-state index contributed by atoms with van der Waals surface area (Å²) in [5, 5.41) is 2.93. The average Bonchev–Trinajstić information content (AvgIpc) is 2.74. The van der Waals surface area contributed by atoms with Gasteiger partial charge in [-0.2, -0.15) is 0 Å². The number of hydrogen-bond donors (Lipinski definition) is 1. The van der Waals surface area contributed by atoms with Gasteiger partial charge in [-0.05, 0) is 47.7 Å². The fourth-order valence-electron chi connectivity index (χ4n) is 3.15. The summed E-state index contributed by atoms with van der Waals surface area (Å²) in [5.74, 6) is 0.366. The van der Waals surface area contributed by atoms with Crippen molar-refractivity contribution in [1.82, 2.24) is 10.2 Å². The number of rotatable bonds is 10. The normalized spacial score (nSPS) is 11.8. The Labute approximate surface area is 178 Å². The van der Waals surface area contributed by atoms with E-state index in [1.54, 1.807) is 36.3 Å². The molecule has 0 saturated carbocycles. The van der Waals surface area contributed by atoms with Crippen molar-refractivity contribution in [2.75, 3.05) is 13.7 Å². The SMILES string of the molecule is CC[C@H](C(=O)NCC(C)C)N(Cc1ccc(F)cc1)C(=O)Cc1ccc(OC)cc1. The lowest BCUT2D eigenvalue weighted by molar-refractivity contribution is -0.141. The summed E-state index contributed by atoms with van der Waals surface area (Å²) in [4.78, 5) is 27.6. The Morgan fingerprint density at radius 3 is 2.17 bits per heavy atom. The van der Waals surface area contributed by atoms with Crippen molar-refractivity contribution >= 4 is 11.8 Å². The minimum atomic E-state index is -0.598. The number of benzene rings is 2. The largest absolute Gasteiger partial charge is 0.497 e. The van der Waals surface area contributed by atoms with Crippen LogP contribution in [-0.2, 0) is 22.6 Å². The molecule has 0 spiro atoms. The van der Waals surface area contributed by atoms with Gasteiger partial charge in [-0.25, -0.2) is 4.39 Å². The van der Waals surface area contributed by atoms with Crippen LogP contribution in [0, 0.1) is 11.7 Å².